The van der Waals surface area contributed by atoms with Gasteiger partial charge >= 0.3 is 0 Å². The van der Waals surface area contributed by atoms with Gasteiger partial charge in [-0.1, -0.05) is 34.6 Å². The zero-order chi connectivity index (χ0) is 14.9. The molecule has 1 aliphatic rings. The molecule has 2 rings (SSSR count). The molecule has 1 N–H and O–H groups in total. The molecule has 1 atom stereocenters. The van der Waals surface area contributed by atoms with Crippen molar-refractivity contribution in [3.8, 4) is 0 Å². The SMILES string of the molecule is CNc1cc(N2CCC(C(C)C)C2)nc(C(C)(C)C)n1. The number of rotatable bonds is 3. The van der Waals surface area contributed by atoms with Gasteiger partial charge in [-0.05, 0) is 18.3 Å². The van der Waals surface area contributed by atoms with Gasteiger partial charge in [0.05, 0.1) is 0 Å². The quantitative estimate of drug-likeness (QED) is 0.919. The molecule has 20 heavy (non-hydrogen) atoms. The van der Waals surface area contributed by atoms with E-state index >= 15 is 0 Å². The first-order valence-electron chi connectivity index (χ1n) is 7.63. The molecule has 0 bridgehead atoms. The van der Waals surface area contributed by atoms with Crippen molar-refractivity contribution in [2.24, 2.45) is 11.8 Å². The van der Waals surface area contributed by atoms with E-state index in [2.05, 4.69) is 55.9 Å². The van der Waals surface area contributed by atoms with Crippen LogP contribution in [0.5, 0.6) is 0 Å². The Morgan fingerprint density at radius 3 is 2.50 bits per heavy atom. The maximum Gasteiger partial charge on any atom is 0.138 e. The van der Waals surface area contributed by atoms with Crippen LogP contribution in [0.15, 0.2) is 6.07 Å². The molecular weight excluding hydrogens is 248 g/mol. The van der Waals surface area contributed by atoms with Crippen LogP contribution in [0.1, 0.15) is 46.9 Å². The van der Waals surface area contributed by atoms with Crippen LogP contribution in [0.2, 0.25) is 0 Å². The molecule has 4 heteroatoms. The normalized spacial score (nSPS) is 19.8. The van der Waals surface area contributed by atoms with Crippen molar-refractivity contribution >= 4 is 11.6 Å². The minimum atomic E-state index is -0.0290. The zero-order valence-electron chi connectivity index (χ0n) is 13.7. The van der Waals surface area contributed by atoms with Crippen molar-refractivity contribution < 1.29 is 0 Å². The molecule has 112 valence electrons. The van der Waals surface area contributed by atoms with Gasteiger partial charge in [-0.25, -0.2) is 9.97 Å². The van der Waals surface area contributed by atoms with E-state index < -0.39 is 0 Å². The minimum Gasteiger partial charge on any atom is -0.373 e. The van der Waals surface area contributed by atoms with E-state index in [1.165, 1.54) is 6.42 Å². The van der Waals surface area contributed by atoms with Crippen LogP contribution < -0.4 is 10.2 Å². The standard InChI is InChI=1S/C16H28N4/c1-11(2)12-7-8-20(10-12)14-9-13(17-6)18-15(19-14)16(3,4)5/h9,11-12H,7-8,10H2,1-6H3,(H,17,18,19). The van der Waals surface area contributed by atoms with Crippen molar-refractivity contribution in [2.75, 3.05) is 30.4 Å². The van der Waals surface area contributed by atoms with Crippen molar-refractivity contribution in [2.45, 2.75) is 46.5 Å². The second-order valence-electron chi connectivity index (χ2n) is 7.17. The first-order chi connectivity index (χ1) is 9.31. The maximum atomic E-state index is 4.80. The summed E-state index contributed by atoms with van der Waals surface area (Å²) in [5, 5.41) is 3.16. The molecule has 4 nitrogen and oxygen atoms in total. The van der Waals surface area contributed by atoms with Crippen LogP contribution in [0.3, 0.4) is 0 Å². The first kappa shape index (κ1) is 15.1. The molecule has 0 spiro atoms. The molecule has 1 aromatic heterocycles. The smallest absolute Gasteiger partial charge is 0.138 e. The molecule has 0 radical (unpaired) electrons. The Hall–Kier alpha value is -1.32. The van der Waals surface area contributed by atoms with Gasteiger partial charge in [0.25, 0.3) is 0 Å². The summed E-state index contributed by atoms with van der Waals surface area (Å²) in [7, 11) is 1.92. The van der Waals surface area contributed by atoms with E-state index in [1.807, 2.05) is 7.05 Å². The topological polar surface area (TPSA) is 41.0 Å². The van der Waals surface area contributed by atoms with Crippen LogP contribution >= 0.6 is 0 Å². The van der Waals surface area contributed by atoms with Crippen LogP contribution in [0.4, 0.5) is 11.6 Å². The molecular formula is C16H28N4. The van der Waals surface area contributed by atoms with Crippen LogP contribution in [-0.2, 0) is 5.41 Å². The molecule has 2 heterocycles. The lowest BCUT2D eigenvalue weighted by atomic mass is 9.95. The molecule has 0 aromatic carbocycles. The molecule has 1 aromatic rings. The number of nitrogens with zero attached hydrogens (tertiary/aromatic N) is 3. The van der Waals surface area contributed by atoms with Gasteiger partial charge in [0.2, 0.25) is 0 Å². The summed E-state index contributed by atoms with van der Waals surface area (Å²) in [4.78, 5) is 11.8. The number of hydrogen-bond donors (Lipinski definition) is 1. The maximum absolute atomic E-state index is 4.80. The van der Waals surface area contributed by atoms with Gasteiger partial charge in [0.15, 0.2) is 0 Å². The lowest BCUT2D eigenvalue weighted by molar-refractivity contribution is 0.422. The number of aromatic nitrogens is 2. The summed E-state index contributed by atoms with van der Waals surface area (Å²) in [5.74, 6) is 4.41. The molecule has 0 saturated carbocycles. The summed E-state index contributed by atoms with van der Waals surface area (Å²) < 4.78 is 0. The minimum absolute atomic E-state index is 0.0290. The van der Waals surface area contributed by atoms with E-state index in [1.54, 1.807) is 0 Å². The van der Waals surface area contributed by atoms with Crippen molar-refractivity contribution in [3.05, 3.63) is 11.9 Å². The van der Waals surface area contributed by atoms with E-state index in [9.17, 15) is 0 Å². The molecule has 1 saturated heterocycles. The average Bonchev–Trinajstić information content (AvgIpc) is 2.87. The summed E-state index contributed by atoms with van der Waals surface area (Å²) in [6, 6.07) is 2.07. The average molecular weight is 276 g/mol. The Labute approximate surface area is 123 Å². The number of nitrogens with one attached hydrogen (secondary N) is 1. The highest BCUT2D eigenvalue weighted by molar-refractivity contribution is 5.50. The second kappa shape index (κ2) is 5.58. The fourth-order valence-corrected chi connectivity index (χ4v) is 2.60. The summed E-state index contributed by atoms with van der Waals surface area (Å²) >= 11 is 0. The van der Waals surface area contributed by atoms with E-state index in [4.69, 9.17) is 4.98 Å². The third-order valence-corrected chi connectivity index (χ3v) is 4.13. The Morgan fingerprint density at radius 1 is 1.30 bits per heavy atom. The highest BCUT2D eigenvalue weighted by atomic mass is 15.2. The molecule has 1 fully saturated rings. The molecule has 1 unspecified atom stereocenters. The van der Waals surface area contributed by atoms with Gasteiger partial charge in [0.1, 0.15) is 17.5 Å². The van der Waals surface area contributed by atoms with Gasteiger partial charge in [-0.2, -0.15) is 0 Å². The lowest BCUT2D eigenvalue weighted by Crippen LogP contribution is -2.25. The molecule has 0 aliphatic carbocycles. The highest BCUT2D eigenvalue weighted by Crippen LogP contribution is 2.30. The van der Waals surface area contributed by atoms with Crippen molar-refractivity contribution in [1.82, 2.24) is 9.97 Å². The zero-order valence-corrected chi connectivity index (χ0v) is 13.7. The summed E-state index contributed by atoms with van der Waals surface area (Å²) in [5.41, 5.74) is -0.0290. The van der Waals surface area contributed by atoms with E-state index in [0.717, 1.165) is 42.4 Å². The van der Waals surface area contributed by atoms with E-state index in [-0.39, 0.29) is 5.41 Å². The third kappa shape index (κ3) is 3.22. The summed E-state index contributed by atoms with van der Waals surface area (Å²) in [6.07, 6.45) is 1.27. The first-order valence-corrected chi connectivity index (χ1v) is 7.63. The van der Waals surface area contributed by atoms with Gasteiger partial charge in [-0.15, -0.1) is 0 Å². The largest absolute Gasteiger partial charge is 0.373 e. The Kier molecular flexibility index (Phi) is 4.21. The monoisotopic (exact) mass is 276 g/mol. The Morgan fingerprint density at radius 2 is 2.00 bits per heavy atom. The van der Waals surface area contributed by atoms with Gasteiger partial charge < -0.3 is 10.2 Å². The van der Waals surface area contributed by atoms with Crippen LogP contribution in [0.25, 0.3) is 0 Å². The van der Waals surface area contributed by atoms with Gasteiger partial charge in [0, 0.05) is 31.6 Å². The Bertz CT molecular complexity index is 462. The van der Waals surface area contributed by atoms with Crippen molar-refractivity contribution in [3.63, 3.8) is 0 Å². The summed E-state index contributed by atoms with van der Waals surface area (Å²) in [6.45, 7) is 13.3. The number of anilines is 2. The number of hydrogen-bond acceptors (Lipinski definition) is 4. The Balaban J connectivity index is 2.28. The second-order valence-corrected chi connectivity index (χ2v) is 7.17. The van der Waals surface area contributed by atoms with Crippen LogP contribution in [0, 0.1) is 11.8 Å². The third-order valence-electron chi connectivity index (χ3n) is 4.13. The van der Waals surface area contributed by atoms with Gasteiger partial charge in [-0.3, -0.25) is 0 Å². The predicted octanol–water partition coefficient (Wildman–Crippen LogP) is 3.30. The predicted molar refractivity (Wildman–Crippen MR) is 85.4 cm³/mol. The molecule has 1 aliphatic heterocycles. The highest BCUT2D eigenvalue weighted by Gasteiger charge is 2.27. The molecule has 0 amide bonds. The van der Waals surface area contributed by atoms with Crippen molar-refractivity contribution in [1.29, 1.82) is 0 Å². The fourth-order valence-electron chi connectivity index (χ4n) is 2.60. The van der Waals surface area contributed by atoms with Crippen LogP contribution in [-0.4, -0.2) is 30.1 Å². The fraction of sp³-hybridized carbons (Fsp3) is 0.750. The lowest BCUT2D eigenvalue weighted by Gasteiger charge is -2.23. The van der Waals surface area contributed by atoms with E-state index in [0.29, 0.717) is 0 Å².